The Kier molecular flexibility index (Phi) is 3.68. The number of ether oxygens (including phenoxy) is 1. The molecule has 26 heavy (non-hydrogen) atoms. The summed E-state index contributed by atoms with van der Waals surface area (Å²) in [6.45, 7) is 0. The fourth-order valence-corrected chi connectivity index (χ4v) is 3.27. The summed E-state index contributed by atoms with van der Waals surface area (Å²) in [6.07, 6.45) is 0.483. The third-order valence-electron chi connectivity index (χ3n) is 4.47. The number of aldehydes is 1. The van der Waals surface area contributed by atoms with E-state index in [9.17, 15) is 18.0 Å². The molecule has 6 heteroatoms. The maximum absolute atomic E-state index is 13.8. The number of rotatable bonds is 2. The highest BCUT2D eigenvalue weighted by atomic mass is 19.2. The molecule has 4 rings (SSSR count). The topological polar surface area (TPSA) is 52.3 Å². The number of nitrogens with two attached hydrogens (primary N) is 1. The zero-order valence-corrected chi connectivity index (χ0v) is 13.3. The van der Waals surface area contributed by atoms with E-state index < -0.39 is 23.4 Å². The number of hydrogen-bond acceptors (Lipinski definition) is 3. The summed E-state index contributed by atoms with van der Waals surface area (Å²) in [5.74, 6) is -4.88. The molecule has 0 aromatic heterocycles. The second-order valence-corrected chi connectivity index (χ2v) is 6.01. The van der Waals surface area contributed by atoms with E-state index in [1.54, 1.807) is 12.1 Å². The van der Waals surface area contributed by atoms with Crippen LogP contribution in [0.15, 0.2) is 60.0 Å². The van der Waals surface area contributed by atoms with E-state index in [-0.39, 0.29) is 17.0 Å². The van der Waals surface area contributed by atoms with Crippen LogP contribution in [0.5, 0.6) is 5.75 Å². The molecular weight excluding hydrogens is 343 g/mol. The summed E-state index contributed by atoms with van der Waals surface area (Å²) in [5, 5.41) is 1.73. The van der Waals surface area contributed by atoms with Gasteiger partial charge in [0.2, 0.25) is 0 Å². The second kappa shape index (κ2) is 5.91. The Bertz CT molecular complexity index is 1070. The van der Waals surface area contributed by atoms with Crippen molar-refractivity contribution >= 4 is 17.1 Å². The predicted molar refractivity (Wildman–Crippen MR) is 90.0 cm³/mol. The number of benzene rings is 3. The number of carbonyl (C=O) groups is 1. The largest absolute Gasteiger partial charge is 0.441 e. The highest BCUT2D eigenvalue weighted by Gasteiger charge is 2.31. The van der Waals surface area contributed by atoms with Crippen LogP contribution >= 0.6 is 0 Å². The monoisotopic (exact) mass is 355 g/mol. The summed E-state index contributed by atoms with van der Waals surface area (Å²) in [5.41, 5.74) is 6.47. The van der Waals surface area contributed by atoms with Gasteiger partial charge in [-0.1, -0.05) is 24.3 Å². The van der Waals surface area contributed by atoms with Crippen LogP contribution in [0.2, 0.25) is 0 Å². The number of halogens is 3. The molecule has 3 nitrogen and oxygen atoms in total. The normalized spacial score (nSPS) is 16.3. The van der Waals surface area contributed by atoms with Crippen molar-refractivity contribution in [2.45, 2.75) is 5.92 Å². The highest BCUT2D eigenvalue weighted by molar-refractivity contribution is 5.88. The van der Waals surface area contributed by atoms with Crippen LogP contribution in [0.1, 0.15) is 17.0 Å². The fourth-order valence-electron chi connectivity index (χ4n) is 3.27. The van der Waals surface area contributed by atoms with Crippen LogP contribution in [0.3, 0.4) is 0 Å². The highest BCUT2D eigenvalue weighted by Crippen LogP contribution is 2.43. The Hall–Kier alpha value is -3.28. The second-order valence-electron chi connectivity index (χ2n) is 6.01. The Labute approximate surface area is 146 Å². The van der Waals surface area contributed by atoms with Gasteiger partial charge in [0.05, 0.1) is 5.57 Å². The molecule has 0 aliphatic carbocycles. The van der Waals surface area contributed by atoms with Gasteiger partial charge in [0.25, 0.3) is 0 Å². The van der Waals surface area contributed by atoms with Gasteiger partial charge in [0, 0.05) is 11.5 Å². The minimum Gasteiger partial charge on any atom is -0.441 e. The molecule has 1 atom stereocenters. The quantitative estimate of drug-likeness (QED) is 0.555. The zero-order valence-electron chi connectivity index (χ0n) is 13.3. The van der Waals surface area contributed by atoms with Gasteiger partial charge in [0.1, 0.15) is 5.75 Å². The molecule has 3 aromatic rings. The molecule has 3 aromatic carbocycles. The smallest absolute Gasteiger partial charge is 0.198 e. The maximum Gasteiger partial charge on any atom is 0.198 e. The molecular formula is C20H12F3NO2. The third kappa shape index (κ3) is 2.42. The Morgan fingerprint density at radius 2 is 1.58 bits per heavy atom. The van der Waals surface area contributed by atoms with Crippen molar-refractivity contribution in [2.24, 2.45) is 5.73 Å². The zero-order chi connectivity index (χ0) is 18.4. The van der Waals surface area contributed by atoms with Gasteiger partial charge >= 0.3 is 0 Å². The average Bonchev–Trinajstić information content (AvgIpc) is 2.63. The summed E-state index contributed by atoms with van der Waals surface area (Å²) in [4.78, 5) is 11.6. The van der Waals surface area contributed by atoms with Crippen LogP contribution in [-0.4, -0.2) is 6.29 Å². The predicted octanol–water partition coefficient (Wildman–Crippen LogP) is 4.15. The van der Waals surface area contributed by atoms with E-state index in [0.717, 1.165) is 22.9 Å². The van der Waals surface area contributed by atoms with Gasteiger partial charge in [0.15, 0.2) is 29.6 Å². The molecule has 1 aliphatic rings. The summed E-state index contributed by atoms with van der Waals surface area (Å²) in [7, 11) is 0. The lowest BCUT2D eigenvalue weighted by molar-refractivity contribution is -0.105. The van der Waals surface area contributed by atoms with Crippen molar-refractivity contribution in [1.82, 2.24) is 0 Å². The van der Waals surface area contributed by atoms with E-state index in [1.165, 1.54) is 0 Å². The molecule has 1 unspecified atom stereocenters. The lowest BCUT2D eigenvalue weighted by Crippen LogP contribution is -2.22. The lowest BCUT2D eigenvalue weighted by Gasteiger charge is -2.27. The molecule has 0 saturated carbocycles. The molecule has 130 valence electrons. The molecule has 2 N–H and O–H groups in total. The molecule has 0 radical (unpaired) electrons. The molecule has 0 bridgehead atoms. The third-order valence-corrected chi connectivity index (χ3v) is 4.47. The standard InChI is InChI=1S/C20H12F3NO2/c21-15-6-12(7-16(22)19(15)23)18-13-5-10-3-1-2-4-11(10)8-17(13)26-20(24)14(18)9-25/h1-9,18H,24H2. The molecule has 1 aliphatic heterocycles. The fraction of sp³-hybridized carbons (Fsp3) is 0.0500. The first-order valence-electron chi connectivity index (χ1n) is 7.79. The van der Waals surface area contributed by atoms with Crippen LogP contribution < -0.4 is 10.5 Å². The number of hydrogen-bond donors (Lipinski definition) is 1. The van der Waals surface area contributed by atoms with Crippen LogP contribution in [0, 0.1) is 17.5 Å². The van der Waals surface area contributed by atoms with Crippen molar-refractivity contribution < 1.29 is 22.7 Å². The van der Waals surface area contributed by atoms with Crippen LogP contribution in [-0.2, 0) is 4.79 Å². The Morgan fingerprint density at radius 3 is 2.19 bits per heavy atom. The van der Waals surface area contributed by atoms with Gasteiger partial charge in [-0.3, -0.25) is 4.79 Å². The first-order chi connectivity index (χ1) is 12.5. The first kappa shape index (κ1) is 16.2. The minimum atomic E-state index is -1.57. The van der Waals surface area contributed by atoms with E-state index in [2.05, 4.69) is 0 Å². The van der Waals surface area contributed by atoms with Gasteiger partial charge in [-0.05, 0) is 40.6 Å². The van der Waals surface area contributed by atoms with Gasteiger partial charge in [-0.15, -0.1) is 0 Å². The van der Waals surface area contributed by atoms with Crippen LogP contribution in [0.25, 0.3) is 10.8 Å². The van der Waals surface area contributed by atoms with Crippen molar-refractivity contribution in [3.63, 3.8) is 0 Å². The van der Waals surface area contributed by atoms with Gasteiger partial charge in [-0.2, -0.15) is 0 Å². The van der Waals surface area contributed by atoms with E-state index in [1.807, 2.05) is 24.3 Å². The lowest BCUT2D eigenvalue weighted by atomic mass is 9.82. The Balaban J connectivity index is 2.01. The molecule has 0 amide bonds. The number of allylic oxidation sites excluding steroid dienone is 1. The molecule has 1 heterocycles. The molecule has 0 fully saturated rings. The van der Waals surface area contributed by atoms with Crippen molar-refractivity contribution in [3.8, 4) is 5.75 Å². The molecule has 0 saturated heterocycles. The van der Waals surface area contributed by atoms with Gasteiger partial charge in [-0.25, -0.2) is 13.2 Å². The van der Waals surface area contributed by atoms with Crippen molar-refractivity contribution in [2.75, 3.05) is 0 Å². The SMILES string of the molecule is NC1=C(C=O)C(c2cc(F)c(F)c(F)c2)c2cc3ccccc3cc2O1. The number of fused-ring (bicyclic) bond motifs is 2. The summed E-state index contributed by atoms with van der Waals surface area (Å²) >= 11 is 0. The minimum absolute atomic E-state index is 0.0261. The average molecular weight is 355 g/mol. The maximum atomic E-state index is 13.8. The number of carbonyl (C=O) groups excluding carboxylic acids is 1. The first-order valence-corrected chi connectivity index (χ1v) is 7.79. The molecule has 0 spiro atoms. The van der Waals surface area contributed by atoms with Crippen molar-refractivity contribution in [3.05, 3.63) is 88.6 Å². The summed E-state index contributed by atoms with van der Waals surface area (Å²) < 4.78 is 46.4. The van der Waals surface area contributed by atoms with Crippen LogP contribution in [0.4, 0.5) is 13.2 Å². The summed E-state index contributed by atoms with van der Waals surface area (Å²) in [6, 6.07) is 12.7. The van der Waals surface area contributed by atoms with E-state index in [4.69, 9.17) is 10.5 Å². The van der Waals surface area contributed by atoms with E-state index >= 15 is 0 Å². The van der Waals surface area contributed by atoms with E-state index in [0.29, 0.717) is 17.6 Å². The Morgan fingerprint density at radius 1 is 0.962 bits per heavy atom. The van der Waals surface area contributed by atoms with Gasteiger partial charge < -0.3 is 10.5 Å². The van der Waals surface area contributed by atoms with Crippen molar-refractivity contribution in [1.29, 1.82) is 0 Å².